The molecule has 0 aromatic carbocycles. The van der Waals surface area contributed by atoms with Crippen molar-refractivity contribution >= 4 is 0 Å². The van der Waals surface area contributed by atoms with Gasteiger partial charge in [0, 0.05) is 12.0 Å². The zero-order valence-corrected chi connectivity index (χ0v) is 12.0. The van der Waals surface area contributed by atoms with E-state index in [0.29, 0.717) is 12.0 Å². The van der Waals surface area contributed by atoms with E-state index in [1.165, 1.54) is 0 Å². The smallest absolute Gasteiger partial charge is 0.130 e. The van der Waals surface area contributed by atoms with Crippen LogP contribution in [0, 0.1) is 11.8 Å². The summed E-state index contributed by atoms with van der Waals surface area (Å²) in [6.45, 7) is 9.27. The second-order valence-corrected chi connectivity index (χ2v) is 6.45. The average Bonchev–Trinajstić information content (AvgIpc) is 3.05. The van der Waals surface area contributed by atoms with Gasteiger partial charge >= 0.3 is 0 Å². The molecule has 0 saturated carbocycles. The zero-order chi connectivity index (χ0) is 14.7. The Hall–Kier alpha value is -1.12. The van der Waals surface area contributed by atoms with Crippen molar-refractivity contribution in [2.75, 3.05) is 0 Å². The lowest BCUT2D eigenvalue weighted by Gasteiger charge is -2.44. The van der Waals surface area contributed by atoms with Crippen molar-refractivity contribution in [1.82, 2.24) is 0 Å². The first-order valence-corrected chi connectivity index (χ1v) is 6.87. The van der Waals surface area contributed by atoms with Gasteiger partial charge in [-0.3, -0.25) is 0 Å². The van der Waals surface area contributed by atoms with E-state index in [9.17, 15) is 10.2 Å². The summed E-state index contributed by atoms with van der Waals surface area (Å²) >= 11 is 0. The minimum atomic E-state index is -0.755. The maximum Gasteiger partial charge on any atom is 0.130 e. The van der Waals surface area contributed by atoms with Crippen LogP contribution in [-0.4, -0.2) is 45.8 Å². The molecule has 0 unspecified atom stereocenters. The van der Waals surface area contributed by atoms with Gasteiger partial charge in [0.2, 0.25) is 0 Å². The van der Waals surface area contributed by atoms with Crippen molar-refractivity contribution in [3.05, 3.63) is 23.8 Å². The molecule has 2 heterocycles. The minimum absolute atomic E-state index is 0.274. The molecule has 4 heteroatoms. The van der Waals surface area contributed by atoms with Crippen LogP contribution in [0.3, 0.4) is 0 Å². The van der Waals surface area contributed by atoms with Crippen molar-refractivity contribution in [2.45, 2.75) is 62.8 Å². The Morgan fingerprint density at radius 2 is 2.10 bits per heavy atom. The molecule has 3 rings (SSSR count). The standard InChI is InChI=1S/C16H20O4/c1-9(2)5-6-10-7-12-16(14(20-16)13(10)18)8-11(17)15(3,4)19-12/h7,11-14,17-18H,1,8H2,2-4H3/t11-,12-,13+,14+,16-/m0/s1. The van der Waals surface area contributed by atoms with Gasteiger partial charge in [-0.05, 0) is 32.4 Å². The predicted molar refractivity (Wildman–Crippen MR) is 73.9 cm³/mol. The summed E-state index contributed by atoms with van der Waals surface area (Å²) in [6.07, 6.45) is 0.339. The van der Waals surface area contributed by atoms with Crippen molar-refractivity contribution in [1.29, 1.82) is 0 Å². The van der Waals surface area contributed by atoms with E-state index in [1.807, 2.05) is 26.8 Å². The third kappa shape index (κ3) is 1.94. The third-order valence-electron chi connectivity index (χ3n) is 4.35. The Balaban J connectivity index is 1.93. The topological polar surface area (TPSA) is 62.2 Å². The summed E-state index contributed by atoms with van der Waals surface area (Å²) in [5.74, 6) is 5.81. The molecular formula is C16H20O4. The molecule has 0 bridgehead atoms. The predicted octanol–water partition coefficient (Wildman–Crippen LogP) is 0.933. The van der Waals surface area contributed by atoms with Gasteiger partial charge in [-0.1, -0.05) is 18.4 Å². The molecule has 20 heavy (non-hydrogen) atoms. The number of allylic oxidation sites excluding steroid dienone is 1. The highest BCUT2D eigenvalue weighted by atomic mass is 16.7. The van der Waals surface area contributed by atoms with Crippen LogP contribution in [0.1, 0.15) is 27.2 Å². The second kappa shape index (κ2) is 4.19. The van der Waals surface area contributed by atoms with E-state index in [4.69, 9.17) is 9.47 Å². The van der Waals surface area contributed by atoms with Crippen LogP contribution in [0.25, 0.3) is 0 Å². The van der Waals surface area contributed by atoms with E-state index in [1.54, 1.807) is 0 Å². The number of ether oxygens (including phenoxy) is 2. The van der Waals surface area contributed by atoms with Crippen LogP contribution in [0.2, 0.25) is 0 Å². The number of aliphatic hydroxyl groups is 2. The molecule has 2 saturated heterocycles. The second-order valence-electron chi connectivity index (χ2n) is 6.45. The SMILES string of the molecule is C=C(C)C#CC1=C[C@@H]2OC(C)(C)[C@@H](O)C[C@]23O[C@@H]3[C@@H]1O. The van der Waals surface area contributed by atoms with Gasteiger partial charge in [0.25, 0.3) is 0 Å². The summed E-state index contributed by atoms with van der Waals surface area (Å²) in [7, 11) is 0. The molecule has 1 spiro atoms. The lowest BCUT2D eigenvalue weighted by Crippen LogP contribution is -2.57. The number of rotatable bonds is 0. The lowest BCUT2D eigenvalue weighted by atomic mass is 9.76. The minimum Gasteiger partial charge on any atom is -0.390 e. The van der Waals surface area contributed by atoms with Crippen LogP contribution in [0.15, 0.2) is 23.8 Å². The normalized spacial score (nSPS) is 44.4. The Morgan fingerprint density at radius 3 is 2.75 bits per heavy atom. The quantitative estimate of drug-likeness (QED) is 0.510. The fourth-order valence-corrected chi connectivity index (χ4v) is 2.99. The molecule has 3 aliphatic rings. The van der Waals surface area contributed by atoms with Crippen LogP contribution < -0.4 is 0 Å². The van der Waals surface area contributed by atoms with Gasteiger partial charge in [0.05, 0.1) is 11.7 Å². The summed E-state index contributed by atoms with van der Waals surface area (Å²) in [4.78, 5) is 0. The van der Waals surface area contributed by atoms with Gasteiger partial charge in [0.1, 0.15) is 23.9 Å². The van der Waals surface area contributed by atoms with Crippen molar-refractivity contribution < 1.29 is 19.7 Å². The first-order chi connectivity index (χ1) is 9.26. The fraction of sp³-hybridized carbons (Fsp3) is 0.625. The molecular weight excluding hydrogens is 256 g/mol. The molecule has 0 radical (unpaired) electrons. The van der Waals surface area contributed by atoms with E-state index in [-0.39, 0.29) is 12.2 Å². The Kier molecular flexibility index (Phi) is 2.90. The molecule has 0 aromatic heterocycles. The van der Waals surface area contributed by atoms with E-state index >= 15 is 0 Å². The number of epoxide rings is 1. The third-order valence-corrected chi connectivity index (χ3v) is 4.35. The summed E-state index contributed by atoms with van der Waals surface area (Å²) in [5, 5.41) is 20.4. The molecule has 108 valence electrons. The number of hydrogen-bond acceptors (Lipinski definition) is 4. The van der Waals surface area contributed by atoms with Crippen LogP contribution in [0.4, 0.5) is 0 Å². The number of hydrogen-bond donors (Lipinski definition) is 2. The maximum atomic E-state index is 10.3. The van der Waals surface area contributed by atoms with Crippen LogP contribution in [-0.2, 0) is 9.47 Å². The summed E-state index contributed by atoms with van der Waals surface area (Å²) in [6, 6.07) is 0. The van der Waals surface area contributed by atoms with Crippen LogP contribution in [0.5, 0.6) is 0 Å². The average molecular weight is 276 g/mol. The molecule has 0 aromatic rings. The Labute approximate surface area is 119 Å². The van der Waals surface area contributed by atoms with E-state index in [0.717, 1.165) is 5.57 Å². The fourth-order valence-electron chi connectivity index (χ4n) is 2.99. The van der Waals surface area contributed by atoms with Crippen molar-refractivity contribution in [3.8, 4) is 11.8 Å². The largest absolute Gasteiger partial charge is 0.390 e. The Morgan fingerprint density at radius 1 is 1.40 bits per heavy atom. The molecule has 4 nitrogen and oxygen atoms in total. The summed E-state index contributed by atoms with van der Waals surface area (Å²) in [5.41, 5.74) is 0.149. The van der Waals surface area contributed by atoms with Gasteiger partial charge in [0.15, 0.2) is 0 Å². The molecule has 5 atom stereocenters. The van der Waals surface area contributed by atoms with E-state index in [2.05, 4.69) is 18.4 Å². The maximum absolute atomic E-state index is 10.3. The highest BCUT2D eigenvalue weighted by Gasteiger charge is 2.70. The first kappa shape index (κ1) is 13.8. The van der Waals surface area contributed by atoms with Gasteiger partial charge in [-0.25, -0.2) is 0 Å². The molecule has 2 fully saturated rings. The van der Waals surface area contributed by atoms with Crippen molar-refractivity contribution in [2.24, 2.45) is 0 Å². The van der Waals surface area contributed by atoms with E-state index < -0.39 is 23.4 Å². The Bertz CT molecular complexity index is 551. The monoisotopic (exact) mass is 276 g/mol. The highest BCUT2D eigenvalue weighted by Crippen LogP contribution is 2.55. The van der Waals surface area contributed by atoms with Crippen LogP contribution >= 0.6 is 0 Å². The molecule has 2 N–H and O–H groups in total. The summed E-state index contributed by atoms with van der Waals surface area (Å²) < 4.78 is 11.7. The van der Waals surface area contributed by atoms with Gasteiger partial charge in [-0.2, -0.15) is 0 Å². The zero-order valence-electron chi connectivity index (χ0n) is 12.0. The van der Waals surface area contributed by atoms with Gasteiger partial charge in [-0.15, -0.1) is 0 Å². The first-order valence-electron chi connectivity index (χ1n) is 6.87. The van der Waals surface area contributed by atoms with Gasteiger partial charge < -0.3 is 19.7 Å². The lowest BCUT2D eigenvalue weighted by molar-refractivity contribution is -0.185. The molecule has 1 aliphatic carbocycles. The molecule has 2 aliphatic heterocycles. The molecule has 0 amide bonds. The highest BCUT2D eigenvalue weighted by molar-refractivity contribution is 5.45. The van der Waals surface area contributed by atoms with Crippen molar-refractivity contribution in [3.63, 3.8) is 0 Å². The number of aliphatic hydroxyl groups excluding tert-OH is 2.